The zero-order valence-electron chi connectivity index (χ0n) is 11.8. The minimum absolute atomic E-state index is 0.278. The van der Waals surface area contributed by atoms with E-state index in [1.807, 2.05) is 37.3 Å². The molecule has 0 radical (unpaired) electrons. The standard InChI is InChI=1S/C17H17NO3/c1-13-7-9-14(10-8-13)11-18-16(19)12-21-17(20)15-5-3-2-4-6-15/h2-10H,11-12H2,1H3,(H,18,19). The fourth-order valence-electron chi connectivity index (χ4n) is 1.75. The average molecular weight is 283 g/mol. The Balaban J connectivity index is 1.75. The van der Waals surface area contributed by atoms with Crippen LogP contribution >= 0.6 is 0 Å². The summed E-state index contributed by atoms with van der Waals surface area (Å²) in [6.45, 7) is 2.15. The van der Waals surface area contributed by atoms with Crippen molar-refractivity contribution in [1.82, 2.24) is 5.32 Å². The molecule has 0 bridgehead atoms. The number of benzene rings is 2. The topological polar surface area (TPSA) is 55.4 Å². The molecule has 0 aliphatic heterocycles. The van der Waals surface area contributed by atoms with Gasteiger partial charge in [-0.25, -0.2) is 4.79 Å². The molecule has 1 amide bonds. The van der Waals surface area contributed by atoms with Gasteiger partial charge in [-0.2, -0.15) is 0 Å². The third-order valence-corrected chi connectivity index (χ3v) is 2.95. The van der Waals surface area contributed by atoms with Gasteiger partial charge in [0.05, 0.1) is 5.56 Å². The third kappa shape index (κ3) is 4.76. The summed E-state index contributed by atoms with van der Waals surface area (Å²) in [6, 6.07) is 16.5. The zero-order chi connectivity index (χ0) is 15.1. The van der Waals surface area contributed by atoms with Crippen molar-refractivity contribution in [3.8, 4) is 0 Å². The number of ether oxygens (including phenoxy) is 1. The van der Waals surface area contributed by atoms with E-state index in [0.717, 1.165) is 5.56 Å². The second kappa shape index (κ2) is 7.24. The molecule has 1 N–H and O–H groups in total. The lowest BCUT2D eigenvalue weighted by Crippen LogP contribution is -2.28. The molecule has 0 unspecified atom stereocenters. The first-order valence-electron chi connectivity index (χ1n) is 6.69. The van der Waals surface area contributed by atoms with E-state index < -0.39 is 5.97 Å². The number of nitrogens with one attached hydrogen (secondary N) is 1. The Bertz CT molecular complexity index is 606. The van der Waals surface area contributed by atoms with Crippen molar-refractivity contribution in [3.63, 3.8) is 0 Å². The maximum absolute atomic E-state index is 11.7. The van der Waals surface area contributed by atoms with Crippen molar-refractivity contribution in [3.05, 3.63) is 71.3 Å². The van der Waals surface area contributed by atoms with Crippen LogP contribution in [-0.2, 0) is 16.1 Å². The molecule has 0 saturated carbocycles. The summed E-state index contributed by atoms with van der Waals surface area (Å²) in [5.41, 5.74) is 2.61. The van der Waals surface area contributed by atoms with E-state index in [9.17, 15) is 9.59 Å². The largest absolute Gasteiger partial charge is 0.452 e. The molecule has 0 aliphatic rings. The van der Waals surface area contributed by atoms with Crippen molar-refractivity contribution in [2.24, 2.45) is 0 Å². The number of hydrogen-bond acceptors (Lipinski definition) is 3. The molecule has 2 rings (SSSR count). The van der Waals surface area contributed by atoms with Gasteiger partial charge >= 0.3 is 5.97 Å². The van der Waals surface area contributed by atoms with E-state index in [2.05, 4.69) is 5.32 Å². The van der Waals surface area contributed by atoms with Gasteiger partial charge in [0.2, 0.25) is 0 Å². The minimum atomic E-state index is -0.499. The molecule has 0 aromatic heterocycles. The molecule has 4 heteroatoms. The lowest BCUT2D eigenvalue weighted by molar-refractivity contribution is -0.124. The predicted molar refractivity (Wildman–Crippen MR) is 79.8 cm³/mol. The number of rotatable bonds is 5. The molecule has 4 nitrogen and oxygen atoms in total. The van der Waals surface area contributed by atoms with E-state index in [4.69, 9.17) is 4.74 Å². The highest BCUT2D eigenvalue weighted by atomic mass is 16.5. The van der Waals surface area contributed by atoms with Gasteiger partial charge in [0, 0.05) is 6.54 Å². The van der Waals surface area contributed by atoms with Crippen molar-refractivity contribution >= 4 is 11.9 Å². The first kappa shape index (κ1) is 14.8. The van der Waals surface area contributed by atoms with E-state index in [-0.39, 0.29) is 12.5 Å². The lowest BCUT2D eigenvalue weighted by Gasteiger charge is -2.07. The molecule has 21 heavy (non-hydrogen) atoms. The smallest absolute Gasteiger partial charge is 0.338 e. The van der Waals surface area contributed by atoms with Gasteiger partial charge in [0.1, 0.15) is 0 Å². The molecule has 0 atom stereocenters. The van der Waals surface area contributed by atoms with Gasteiger partial charge < -0.3 is 10.1 Å². The minimum Gasteiger partial charge on any atom is -0.452 e. The van der Waals surface area contributed by atoms with Gasteiger partial charge in [-0.1, -0.05) is 48.0 Å². The summed E-state index contributed by atoms with van der Waals surface area (Å²) in [7, 11) is 0. The van der Waals surface area contributed by atoms with Crippen molar-refractivity contribution in [2.75, 3.05) is 6.61 Å². The maximum atomic E-state index is 11.7. The molecule has 0 aliphatic carbocycles. The molecule has 0 fully saturated rings. The molecule has 108 valence electrons. The van der Waals surface area contributed by atoms with Crippen LogP contribution in [0, 0.1) is 6.92 Å². The number of aryl methyl sites for hydroxylation is 1. The normalized spacial score (nSPS) is 9.95. The second-order valence-electron chi connectivity index (χ2n) is 4.70. The number of carbonyl (C=O) groups is 2. The summed E-state index contributed by atoms with van der Waals surface area (Å²) in [4.78, 5) is 23.3. The van der Waals surface area contributed by atoms with Crippen LogP contribution in [0.5, 0.6) is 0 Å². The first-order valence-corrected chi connectivity index (χ1v) is 6.69. The lowest BCUT2D eigenvalue weighted by atomic mass is 10.1. The molecular weight excluding hydrogens is 266 g/mol. The van der Waals surface area contributed by atoms with Crippen molar-refractivity contribution < 1.29 is 14.3 Å². The van der Waals surface area contributed by atoms with Crippen LogP contribution in [0.25, 0.3) is 0 Å². The summed E-state index contributed by atoms with van der Waals surface area (Å²) in [6.07, 6.45) is 0. The summed E-state index contributed by atoms with van der Waals surface area (Å²) >= 11 is 0. The Morgan fingerprint density at radius 3 is 2.33 bits per heavy atom. The van der Waals surface area contributed by atoms with Gasteiger partial charge in [0.15, 0.2) is 6.61 Å². The van der Waals surface area contributed by atoms with Gasteiger partial charge in [-0.05, 0) is 24.6 Å². The highest BCUT2D eigenvalue weighted by molar-refractivity contribution is 5.91. The Labute approximate surface area is 123 Å². The number of amides is 1. The fraction of sp³-hybridized carbons (Fsp3) is 0.176. The molecule has 2 aromatic carbocycles. The Kier molecular flexibility index (Phi) is 5.10. The summed E-state index contributed by atoms with van der Waals surface area (Å²) < 4.78 is 4.95. The van der Waals surface area contributed by atoms with E-state index in [1.165, 1.54) is 5.56 Å². The Morgan fingerprint density at radius 1 is 1.00 bits per heavy atom. The van der Waals surface area contributed by atoms with E-state index >= 15 is 0 Å². The summed E-state index contributed by atoms with van der Waals surface area (Å²) in [5.74, 6) is -0.819. The van der Waals surface area contributed by atoms with Crippen LogP contribution in [0.3, 0.4) is 0 Å². The number of esters is 1. The van der Waals surface area contributed by atoms with Crippen LogP contribution in [0.4, 0.5) is 0 Å². The van der Waals surface area contributed by atoms with E-state index in [0.29, 0.717) is 12.1 Å². The average Bonchev–Trinajstić information content (AvgIpc) is 2.53. The fourth-order valence-corrected chi connectivity index (χ4v) is 1.75. The van der Waals surface area contributed by atoms with Crippen LogP contribution in [0.2, 0.25) is 0 Å². The third-order valence-electron chi connectivity index (χ3n) is 2.95. The summed E-state index contributed by atoms with van der Waals surface area (Å²) in [5, 5.41) is 2.71. The Morgan fingerprint density at radius 2 is 1.67 bits per heavy atom. The Hall–Kier alpha value is -2.62. The number of carbonyl (C=O) groups excluding carboxylic acids is 2. The van der Waals surface area contributed by atoms with Crippen molar-refractivity contribution in [1.29, 1.82) is 0 Å². The highest BCUT2D eigenvalue weighted by Crippen LogP contribution is 2.03. The van der Waals surface area contributed by atoms with Gasteiger partial charge in [-0.3, -0.25) is 4.79 Å². The zero-order valence-corrected chi connectivity index (χ0v) is 11.8. The molecular formula is C17H17NO3. The van der Waals surface area contributed by atoms with Crippen LogP contribution < -0.4 is 5.32 Å². The first-order chi connectivity index (χ1) is 10.1. The van der Waals surface area contributed by atoms with Crippen molar-refractivity contribution in [2.45, 2.75) is 13.5 Å². The quantitative estimate of drug-likeness (QED) is 0.858. The maximum Gasteiger partial charge on any atom is 0.338 e. The van der Waals surface area contributed by atoms with E-state index in [1.54, 1.807) is 24.3 Å². The van der Waals surface area contributed by atoms with Gasteiger partial charge in [-0.15, -0.1) is 0 Å². The predicted octanol–water partition coefficient (Wildman–Crippen LogP) is 2.47. The SMILES string of the molecule is Cc1ccc(CNC(=O)COC(=O)c2ccccc2)cc1. The number of hydrogen-bond donors (Lipinski definition) is 1. The van der Waals surface area contributed by atoms with Crippen LogP contribution in [0.15, 0.2) is 54.6 Å². The molecule has 2 aromatic rings. The van der Waals surface area contributed by atoms with Crippen LogP contribution in [-0.4, -0.2) is 18.5 Å². The highest BCUT2D eigenvalue weighted by Gasteiger charge is 2.09. The second-order valence-corrected chi connectivity index (χ2v) is 4.70. The molecule has 0 saturated heterocycles. The molecule has 0 spiro atoms. The monoisotopic (exact) mass is 283 g/mol. The van der Waals surface area contributed by atoms with Crippen LogP contribution in [0.1, 0.15) is 21.5 Å². The van der Waals surface area contributed by atoms with Gasteiger partial charge in [0.25, 0.3) is 5.91 Å². The molecule has 0 heterocycles.